The van der Waals surface area contributed by atoms with Gasteiger partial charge in [-0.25, -0.2) is 0 Å². The average Bonchev–Trinajstić information content (AvgIpc) is 2.27. The number of carboxylic acid groups (broad SMARTS) is 1. The van der Waals surface area contributed by atoms with Gasteiger partial charge in [-0.15, -0.1) is 0 Å². The van der Waals surface area contributed by atoms with Crippen LogP contribution in [0.3, 0.4) is 0 Å². The van der Waals surface area contributed by atoms with E-state index < -0.39 is 11.5 Å². The molecule has 2 N–H and O–H groups in total. The van der Waals surface area contributed by atoms with Gasteiger partial charge >= 0.3 is 5.97 Å². The Hall–Kier alpha value is -1.10. The van der Waals surface area contributed by atoms with Gasteiger partial charge in [0.15, 0.2) is 0 Å². The number of carbonyl (C=O) groups excluding carboxylic acids is 1. The SMILES string of the molecule is CC(C(=O)O)C1CN(C(=O)C2(C)CCCCN2)C1. The maximum absolute atomic E-state index is 12.4. The molecule has 2 unspecified atom stereocenters. The Morgan fingerprint density at radius 1 is 1.39 bits per heavy atom. The molecule has 2 rings (SSSR count). The fourth-order valence-corrected chi connectivity index (χ4v) is 2.78. The van der Waals surface area contributed by atoms with Crippen LogP contribution in [0.1, 0.15) is 33.1 Å². The Labute approximate surface area is 108 Å². The van der Waals surface area contributed by atoms with Crippen molar-refractivity contribution in [3.8, 4) is 0 Å². The molecular formula is C13H22N2O3. The van der Waals surface area contributed by atoms with Crippen molar-refractivity contribution < 1.29 is 14.7 Å². The van der Waals surface area contributed by atoms with Gasteiger partial charge in [0.1, 0.15) is 0 Å². The van der Waals surface area contributed by atoms with Crippen LogP contribution in [0.2, 0.25) is 0 Å². The van der Waals surface area contributed by atoms with Crippen LogP contribution < -0.4 is 5.32 Å². The third kappa shape index (κ3) is 2.36. The molecule has 2 atom stereocenters. The number of nitrogens with one attached hydrogen (secondary N) is 1. The number of amides is 1. The van der Waals surface area contributed by atoms with Crippen LogP contribution in [0.15, 0.2) is 0 Å². The summed E-state index contributed by atoms with van der Waals surface area (Å²) in [5.74, 6) is -0.884. The van der Waals surface area contributed by atoms with Gasteiger partial charge in [-0.2, -0.15) is 0 Å². The molecule has 0 aromatic rings. The zero-order valence-electron chi connectivity index (χ0n) is 11.1. The van der Waals surface area contributed by atoms with E-state index in [1.165, 1.54) is 0 Å². The number of carbonyl (C=O) groups is 2. The Morgan fingerprint density at radius 3 is 2.56 bits per heavy atom. The summed E-state index contributed by atoms with van der Waals surface area (Å²) < 4.78 is 0. The van der Waals surface area contributed by atoms with Crippen LogP contribution in [-0.2, 0) is 9.59 Å². The Balaban J connectivity index is 1.88. The maximum atomic E-state index is 12.4. The minimum absolute atomic E-state index is 0.110. The van der Waals surface area contributed by atoms with Crippen LogP contribution in [0.4, 0.5) is 0 Å². The molecule has 0 aliphatic carbocycles. The first-order valence-electron chi connectivity index (χ1n) is 6.71. The summed E-state index contributed by atoms with van der Waals surface area (Å²) in [4.78, 5) is 25.0. The van der Waals surface area contributed by atoms with Crippen molar-refractivity contribution in [1.82, 2.24) is 10.2 Å². The fourth-order valence-electron chi connectivity index (χ4n) is 2.78. The molecule has 2 saturated heterocycles. The van der Waals surface area contributed by atoms with E-state index in [0.29, 0.717) is 13.1 Å². The third-order valence-electron chi connectivity index (χ3n) is 4.38. The molecule has 0 bridgehead atoms. The fraction of sp³-hybridized carbons (Fsp3) is 0.846. The first-order chi connectivity index (χ1) is 8.44. The van der Waals surface area contributed by atoms with E-state index in [-0.39, 0.29) is 17.7 Å². The largest absolute Gasteiger partial charge is 0.481 e. The highest BCUT2D eigenvalue weighted by Crippen LogP contribution is 2.29. The van der Waals surface area contributed by atoms with Crippen molar-refractivity contribution in [3.05, 3.63) is 0 Å². The molecule has 0 radical (unpaired) electrons. The van der Waals surface area contributed by atoms with Gasteiger partial charge in [0.25, 0.3) is 0 Å². The normalized spacial score (nSPS) is 30.7. The van der Waals surface area contributed by atoms with Gasteiger partial charge in [0.2, 0.25) is 5.91 Å². The summed E-state index contributed by atoms with van der Waals surface area (Å²) in [6, 6.07) is 0. The van der Waals surface area contributed by atoms with Gasteiger partial charge in [-0.1, -0.05) is 6.92 Å². The van der Waals surface area contributed by atoms with Crippen molar-refractivity contribution in [2.45, 2.75) is 38.6 Å². The number of hydrogen-bond acceptors (Lipinski definition) is 3. The number of nitrogens with zero attached hydrogens (tertiary/aromatic N) is 1. The molecule has 1 amide bonds. The Bertz CT molecular complexity index is 344. The highest BCUT2D eigenvalue weighted by Gasteiger charge is 2.44. The standard InChI is InChI=1S/C13H22N2O3/c1-9(11(16)17)10-7-15(8-10)12(18)13(2)5-3-4-6-14-13/h9-10,14H,3-8H2,1-2H3,(H,16,17). The zero-order valence-corrected chi connectivity index (χ0v) is 11.1. The topological polar surface area (TPSA) is 69.6 Å². The highest BCUT2D eigenvalue weighted by molar-refractivity contribution is 5.87. The summed E-state index contributed by atoms with van der Waals surface area (Å²) in [6.07, 6.45) is 3.08. The van der Waals surface area contributed by atoms with Crippen molar-refractivity contribution in [3.63, 3.8) is 0 Å². The quantitative estimate of drug-likeness (QED) is 0.778. The van der Waals surface area contributed by atoms with Crippen molar-refractivity contribution in [2.24, 2.45) is 11.8 Å². The van der Waals surface area contributed by atoms with Crippen LogP contribution in [0.5, 0.6) is 0 Å². The van der Waals surface area contributed by atoms with E-state index in [4.69, 9.17) is 5.11 Å². The van der Waals surface area contributed by atoms with Gasteiger partial charge < -0.3 is 15.3 Å². The second-order valence-corrected chi connectivity index (χ2v) is 5.81. The first kappa shape index (κ1) is 13.3. The Morgan fingerprint density at radius 2 is 2.06 bits per heavy atom. The van der Waals surface area contributed by atoms with Gasteiger partial charge in [-0.3, -0.25) is 9.59 Å². The summed E-state index contributed by atoms with van der Waals surface area (Å²) in [7, 11) is 0. The van der Waals surface area contributed by atoms with E-state index in [2.05, 4.69) is 5.32 Å². The smallest absolute Gasteiger partial charge is 0.306 e. The number of rotatable bonds is 3. The Kier molecular flexibility index (Phi) is 3.61. The van der Waals surface area contributed by atoms with E-state index in [1.807, 2.05) is 6.92 Å². The molecule has 0 saturated carbocycles. The molecule has 2 fully saturated rings. The van der Waals surface area contributed by atoms with Crippen molar-refractivity contribution in [1.29, 1.82) is 0 Å². The van der Waals surface area contributed by atoms with E-state index in [1.54, 1.807) is 11.8 Å². The van der Waals surface area contributed by atoms with E-state index in [9.17, 15) is 9.59 Å². The molecular weight excluding hydrogens is 232 g/mol. The molecule has 18 heavy (non-hydrogen) atoms. The average molecular weight is 254 g/mol. The van der Waals surface area contributed by atoms with Gasteiger partial charge in [-0.05, 0) is 32.7 Å². The maximum Gasteiger partial charge on any atom is 0.306 e. The lowest BCUT2D eigenvalue weighted by Gasteiger charge is -2.46. The summed E-state index contributed by atoms with van der Waals surface area (Å²) in [5.41, 5.74) is -0.435. The second kappa shape index (κ2) is 4.88. The molecule has 0 aromatic carbocycles. The number of aliphatic carboxylic acids is 1. The van der Waals surface area contributed by atoms with Crippen molar-refractivity contribution in [2.75, 3.05) is 19.6 Å². The molecule has 102 valence electrons. The monoisotopic (exact) mass is 254 g/mol. The second-order valence-electron chi connectivity index (χ2n) is 5.81. The minimum Gasteiger partial charge on any atom is -0.481 e. The molecule has 0 spiro atoms. The molecule has 2 heterocycles. The third-order valence-corrected chi connectivity index (χ3v) is 4.38. The van der Waals surface area contributed by atoms with Crippen LogP contribution in [-0.4, -0.2) is 47.1 Å². The van der Waals surface area contributed by atoms with Crippen LogP contribution >= 0.6 is 0 Å². The molecule has 2 aliphatic rings. The summed E-state index contributed by atoms with van der Waals surface area (Å²) >= 11 is 0. The molecule has 2 aliphatic heterocycles. The molecule has 5 nitrogen and oxygen atoms in total. The van der Waals surface area contributed by atoms with E-state index in [0.717, 1.165) is 25.8 Å². The first-order valence-corrected chi connectivity index (χ1v) is 6.71. The van der Waals surface area contributed by atoms with Crippen LogP contribution in [0, 0.1) is 11.8 Å². The summed E-state index contributed by atoms with van der Waals surface area (Å²) in [5, 5.41) is 12.2. The minimum atomic E-state index is -0.769. The highest BCUT2D eigenvalue weighted by atomic mass is 16.4. The zero-order chi connectivity index (χ0) is 13.3. The lowest BCUT2D eigenvalue weighted by molar-refractivity contribution is -0.154. The lowest BCUT2D eigenvalue weighted by Crippen LogP contribution is -2.64. The van der Waals surface area contributed by atoms with E-state index >= 15 is 0 Å². The van der Waals surface area contributed by atoms with Crippen LogP contribution in [0.25, 0.3) is 0 Å². The number of likely N-dealkylation sites (tertiary alicyclic amines) is 1. The number of piperidine rings is 1. The molecule has 5 heteroatoms. The van der Waals surface area contributed by atoms with Gasteiger partial charge in [0.05, 0.1) is 11.5 Å². The number of carboxylic acids is 1. The molecule has 0 aromatic heterocycles. The number of hydrogen-bond donors (Lipinski definition) is 2. The lowest BCUT2D eigenvalue weighted by atomic mass is 9.83. The predicted molar refractivity (Wildman–Crippen MR) is 67.1 cm³/mol. The predicted octanol–water partition coefficient (Wildman–Crippen LogP) is 0.698. The van der Waals surface area contributed by atoms with Gasteiger partial charge in [0, 0.05) is 19.0 Å². The summed E-state index contributed by atoms with van der Waals surface area (Å²) in [6.45, 7) is 5.75. The van der Waals surface area contributed by atoms with Crippen molar-refractivity contribution >= 4 is 11.9 Å².